The van der Waals surface area contributed by atoms with Gasteiger partial charge in [-0.05, 0) is 18.1 Å². The highest BCUT2D eigenvalue weighted by Gasteiger charge is 2.29. The SMILES string of the molecule is NC(=O)CC(N)C(=O)NC(CCC(=O)O)C(=O)NC(Cc1c[nH]c2ccccc12)C(=O)O. The lowest BCUT2D eigenvalue weighted by molar-refractivity contribution is -0.143. The summed E-state index contributed by atoms with van der Waals surface area (Å²) in [5.74, 6) is -5.13. The number of H-pyrrole nitrogens is 1. The molecule has 3 atom stereocenters. The number of benzene rings is 1. The van der Waals surface area contributed by atoms with Crippen molar-refractivity contribution in [1.29, 1.82) is 0 Å². The van der Waals surface area contributed by atoms with Gasteiger partial charge in [-0.25, -0.2) is 4.79 Å². The van der Waals surface area contributed by atoms with Crippen molar-refractivity contribution < 1.29 is 34.2 Å². The molecule has 0 spiro atoms. The summed E-state index contributed by atoms with van der Waals surface area (Å²) in [6.07, 6.45) is 0.335. The molecule has 2 rings (SSSR count). The van der Waals surface area contributed by atoms with Crippen LogP contribution in [0.4, 0.5) is 0 Å². The average molecular weight is 447 g/mol. The molecule has 3 amide bonds. The van der Waals surface area contributed by atoms with Crippen molar-refractivity contribution in [2.75, 3.05) is 0 Å². The summed E-state index contributed by atoms with van der Waals surface area (Å²) in [6.45, 7) is 0. The Morgan fingerprint density at radius 3 is 2.28 bits per heavy atom. The van der Waals surface area contributed by atoms with E-state index in [0.29, 0.717) is 5.56 Å². The zero-order valence-electron chi connectivity index (χ0n) is 17.0. The predicted molar refractivity (Wildman–Crippen MR) is 112 cm³/mol. The van der Waals surface area contributed by atoms with Crippen LogP contribution in [0.1, 0.15) is 24.8 Å². The number of carbonyl (C=O) groups is 5. The van der Waals surface area contributed by atoms with E-state index in [2.05, 4.69) is 15.6 Å². The standard InChI is InChI=1S/C20H25N5O7/c21-12(8-16(22)26)18(29)24-14(5-6-17(27)28)19(30)25-15(20(31)32)7-10-9-23-13-4-2-1-3-11(10)13/h1-4,9,12,14-15,23H,5-8,21H2,(H2,22,26)(H,24,29)(H,25,30)(H,27,28)(H,31,32). The first-order chi connectivity index (χ1) is 15.1. The Hall–Kier alpha value is -3.93. The van der Waals surface area contributed by atoms with Crippen molar-refractivity contribution in [2.24, 2.45) is 11.5 Å². The van der Waals surface area contributed by atoms with Crippen LogP contribution in [0, 0.1) is 0 Å². The van der Waals surface area contributed by atoms with Gasteiger partial charge < -0.3 is 37.3 Å². The normalized spacial score (nSPS) is 13.7. The third-order valence-electron chi connectivity index (χ3n) is 4.75. The fraction of sp³-hybridized carbons (Fsp3) is 0.350. The van der Waals surface area contributed by atoms with Crippen LogP contribution in [0.25, 0.3) is 10.9 Å². The summed E-state index contributed by atoms with van der Waals surface area (Å²) in [7, 11) is 0. The van der Waals surface area contributed by atoms with E-state index in [1.165, 1.54) is 0 Å². The van der Waals surface area contributed by atoms with Crippen molar-refractivity contribution >= 4 is 40.6 Å². The maximum absolute atomic E-state index is 12.7. The number of fused-ring (bicyclic) bond motifs is 1. The number of carboxylic acid groups (broad SMARTS) is 2. The minimum atomic E-state index is -1.37. The van der Waals surface area contributed by atoms with Crippen molar-refractivity contribution in [3.63, 3.8) is 0 Å². The molecule has 0 saturated heterocycles. The highest BCUT2D eigenvalue weighted by Crippen LogP contribution is 2.19. The van der Waals surface area contributed by atoms with E-state index >= 15 is 0 Å². The number of aromatic nitrogens is 1. The Morgan fingerprint density at radius 1 is 1.00 bits per heavy atom. The van der Waals surface area contributed by atoms with Gasteiger partial charge in [-0.1, -0.05) is 18.2 Å². The maximum atomic E-state index is 12.7. The molecule has 12 heteroatoms. The fourth-order valence-corrected chi connectivity index (χ4v) is 3.12. The number of para-hydroxylation sites is 1. The molecule has 0 radical (unpaired) electrons. The second kappa shape index (κ2) is 10.9. The minimum absolute atomic E-state index is 0.0497. The summed E-state index contributed by atoms with van der Waals surface area (Å²) in [5, 5.41) is 23.9. The molecule has 9 N–H and O–H groups in total. The van der Waals surface area contributed by atoms with Crippen molar-refractivity contribution in [3.05, 3.63) is 36.0 Å². The zero-order valence-corrected chi connectivity index (χ0v) is 17.0. The Balaban J connectivity index is 2.14. The smallest absolute Gasteiger partial charge is 0.326 e. The maximum Gasteiger partial charge on any atom is 0.326 e. The van der Waals surface area contributed by atoms with E-state index in [9.17, 15) is 29.1 Å². The van der Waals surface area contributed by atoms with Gasteiger partial charge in [0.2, 0.25) is 17.7 Å². The predicted octanol–water partition coefficient (Wildman–Crippen LogP) is -1.17. The number of nitrogens with one attached hydrogen (secondary N) is 3. The van der Waals surface area contributed by atoms with Gasteiger partial charge in [-0.15, -0.1) is 0 Å². The summed E-state index contributed by atoms with van der Waals surface area (Å²) in [5.41, 5.74) is 12.0. The number of aromatic amines is 1. The first-order valence-electron chi connectivity index (χ1n) is 9.72. The van der Waals surface area contributed by atoms with Crippen molar-refractivity contribution in [2.45, 2.75) is 43.8 Å². The lowest BCUT2D eigenvalue weighted by atomic mass is 10.0. The molecule has 1 aromatic carbocycles. The molecule has 0 aliphatic heterocycles. The molecule has 12 nitrogen and oxygen atoms in total. The van der Waals surface area contributed by atoms with Crippen LogP contribution in [0.3, 0.4) is 0 Å². The molecule has 1 aromatic heterocycles. The third-order valence-corrected chi connectivity index (χ3v) is 4.75. The highest BCUT2D eigenvalue weighted by molar-refractivity contribution is 5.94. The van der Waals surface area contributed by atoms with Gasteiger partial charge in [-0.3, -0.25) is 19.2 Å². The van der Waals surface area contributed by atoms with Gasteiger partial charge in [0.1, 0.15) is 12.1 Å². The van der Waals surface area contributed by atoms with Gasteiger partial charge >= 0.3 is 11.9 Å². The van der Waals surface area contributed by atoms with Crippen molar-refractivity contribution in [3.8, 4) is 0 Å². The third kappa shape index (κ3) is 6.80. The van der Waals surface area contributed by atoms with E-state index in [1.807, 2.05) is 12.1 Å². The molecule has 172 valence electrons. The molecule has 0 saturated carbocycles. The van der Waals surface area contributed by atoms with Crippen molar-refractivity contribution in [1.82, 2.24) is 15.6 Å². The van der Waals surface area contributed by atoms with E-state index in [4.69, 9.17) is 16.6 Å². The number of carbonyl (C=O) groups excluding carboxylic acids is 3. The van der Waals surface area contributed by atoms with Crippen LogP contribution in [0.5, 0.6) is 0 Å². The van der Waals surface area contributed by atoms with E-state index < -0.39 is 60.6 Å². The van der Waals surface area contributed by atoms with Gasteiger partial charge in [0.15, 0.2) is 0 Å². The Kier molecular flexibility index (Phi) is 8.30. The summed E-state index contributed by atoms with van der Waals surface area (Å²) >= 11 is 0. The van der Waals surface area contributed by atoms with Gasteiger partial charge in [0.05, 0.1) is 12.5 Å². The Morgan fingerprint density at radius 2 is 1.66 bits per heavy atom. The van der Waals surface area contributed by atoms with Crippen LogP contribution in [-0.4, -0.2) is 63.0 Å². The summed E-state index contributed by atoms with van der Waals surface area (Å²) in [4.78, 5) is 61.5. The molecular weight excluding hydrogens is 422 g/mol. The van der Waals surface area contributed by atoms with Crippen LogP contribution in [-0.2, 0) is 30.4 Å². The Labute approximate surface area is 182 Å². The molecule has 0 aliphatic carbocycles. The van der Waals surface area contributed by atoms with Gasteiger partial charge in [0, 0.05) is 29.9 Å². The van der Waals surface area contributed by atoms with Gasteiger partial charge in [0.25, 0.3) is 0 Å². The van der Waals surface area contributed by atoms with Crippen LogP contribution < -0.4 is 22.1 Å². The first kappa shape index (κ1) is 24.3. The summed E-state index contributed by atoms with van der Waals surface area (Å²) in [6, 6.07) is 3.18. The second-order valence-corrected chi connectivity index (χ2v) is 7.23. The Bertz CT molecular complexity index is 1020. The number of aliphatic carboxylic acids is 2. The number of rotatable bonds is 12. The second-order valence-electron chi connectivity index (χ2n) is 7.23. The quantitative estimate of drug-likeness (QED) is 0.210. The molecule has 2 aromatic rings. The molecule has 0 bridgehead atoms. The molecular formula is C20H25N5O7. The van der Waals surface area contributed by atoms with E-state index in [1.54, 1.807) is 18.3 Å². The van der Waals surface area contributed by atoms with Crippen LogP contribution in [0.15, 0.2) is 30.5 Å². The molecule has 0 fully saturated rings. The largest absolute Gasteiger partial charge is 0.481 e. The number of carboxylic acids is 2. The zero-order chi connectivity index (χ0) is 23.8. The van der Waals surface area contributed by atoms with E-state index in [0.717, 1.165) is 10.9 Å². The molecule has 32 heavy (non-hydrogen) atoms. The van der Waals surface area contributed by atoms with Crippen LogP contribution >= 0.6 is 0 Å². The molecule has 0 aliphatic rings. The first-order valence-corrected chi connectivity index (χ1v) is 9.72. The number of primary amides is 1. The topological polar surface area (TPSA) is 218 Å². The van der Waals surface area contributed by atoms with Gasteiger partial charge in [-0.2, -0.15) is 0 Å². The minimum Gasteiger partial charge on any atom is -0.481 e. The average Bonchev–Trinajstić information content (AvgIpc) is 3.12. The summed E-state index contributed by atoms with van der Waals surface area (Å²) < 4.78 is 0. The lowest BCUT2D eigenvalue weighted by Gasteiger charge is -2.22. The van der Waals surface area contributed by atoms with Crippen LogP contribution in [0.2, 0.25) is 0 Å². The number of nitrogens with two attached hydrogens (primary N) is 2. The number of hydrogen-bond donors (Lipinski definition) is 7. The number of hydrogen-bond acceptors (Lipinski definition) is 6. The monoisotopic (exact) mass is 447 g/mol. The molecule has 3 unspecified atom stereocenters. The van der Waals surface area contributed by atoms with E-state index in [-0.39, 0.29) is 12.8 Å². The molecule has 1 heterocycles. The highest BCUT2D eigenvalue weighted by atomic mass is 16.4. The lowest BCUT2D eigenvalue weighted by Crippen LogP contribution is -2.55. The number of amides is 3. The fourth-order valence-electron chi connectivity index (χ4n) is 3.12.